The highest BCUT2D eigenvalue weighted by Gasteiger charge is 2.35. The summed E-state index contributed by atoms with van der Waals surface area (Å²) in [5.74, 6) is 1.06. The first kappa shape index (κ1) is 15.9. The van der Waals surface area contributed by atoms with E-state index < -0.39 is 0 Å². The molecule has 0 radical (unpaired) electrons. The Balaban J connectivity index is 1.54. The fourth-order valence-electron chi connectivity index (χ4n) is 3.99. The second kappa shape index (κ2) is 6.75. The Morgan fingerprint density at radius 2 is 2.08 bits per heavy atom. The lowest BCUT2D eigenvalue weighted by Gasteiger charge is -2.35. The van der Waals surface area contributed by atoms with Crippen LogP contribution in [0.1, 0.15) is 49.9 Å². The summed E-state index contributed by atoms with van der Waals surface area (Å²) in [6.07, 6.45) is 6.91. The van der Waals surface area contributed by atoms with Gasteiger partial charge >= 0.3 is 6.03 Å². The Morgan fingerprint density at radius 3 is 2.79 bits per heavy atom. The summed E-state index contributed by atoms with van der Waals surface area (Å²) in [6, 6.07) is 0.177. The van der Waals surface area contributed by atoms with Gasteiger partial charge in [-0.3, -0.25) is 0 Å². The molecule has 0 aromatic carbocycles. The monoisotopic (exact) mass is 332 g/mol. The van der Waals surface area contributed by atoms with Gasteiger partial charge in [-0.15, -0.1) is 0 Å². The molecular weight excluding hydrogens is 304 g/mol. The normalized spacial score (nSPS) is 23.6. The third-order valence-corrected chi connectivity index (χ3v) is 5.45. The maximum Gasteiger partial charge on any atom is 0.320 e. The Morgan fingerprint density at radius 1 is 1.29 bits per heavy atom. The lowest BCUT2D eigenvalue weighted by Crippen LogP contribution is -2.46. The molecule has 6 nitrogen and oxygen atoms in total. The zero-order valence-electron chi connectivity index (χ0n) is 14.6. The van der Waals surface area contributed by atoms with Crippen LogP contribution in [0.2, 0.25) is 0 Å². The summed E-state index contributed by atoms with van der Waals surface area (Å²) >= 11 is 0. The minimum absolute atomic E-state index is 0.177. The molecule has 132 valence electrons. The molecule has 3 aliphatic rings. The van der Waals surface area contributed by atoms with Gasteiger partial charge in [0.25, 0.3) is 0 Å². The van der Waals surface area contributed by atoms with Crippen molar-refractivity contribution < 1.29 is 9.53 Å². The second-order valence-electron chi connectivity index (χ2n) is 7.39. The van der Waals surface area contributed by atoms with E-state index >= 15 is 0 Å². The van der Waals surface area contributed by atoms with Crippen molar-refractivity contribution in [2.24, 2.45) is 5.92 Å². The number of fused-ring (bicyclic) bond motifs is 1. The number of carbonyl (C=O) groups excluding carboxylic acids is 1. The van der Waals surface area contributed by atoms with E-state index in [0.29, 0.717) is 19.8 Å². The Bertz CT molecular complexity index is 590. The summed E-state index contributed by atoms with van der Waals surface area (Å²) < 4.78 is 8.06. The highest BCUT2D eigenvalue weighted by molar-refractivity contribution is 5.75. The minimum Gasteiger partial charge on any atom is -0.381 e. The van der Waals surface area contributed by atoms with Crippen LogP contribution < -0.4 is 0 Å². The first-order chi connectivity index (χ1) is 11.8. The fraction of sp³-hybridized carbons (Fsp3) is 0.778. The van der Waals surface area contributed by atoms with Crippen molar-refractivity contribution in [3.05, 3.63) is 17.7 Å². The van der Waals surface area contributed by atoms with Gasteiger partial charge in [0.2, 0.25) is 0 Å². The number of ether oxygens (including phenoxy) is 1. The topological polar surface area (TPSA) is 50.6 Å². The van der Waals surface area contributed by atoms with Crippen molar-refractivity contribution in [2.75, 3.05) is 32.8 Å². The third kappa shape index (κ3) is 3.16. The standard InChI is InChI=1S/C18H28N4O2/c1-2-24-12-15-10-21(18(23)20-7-3-4-8-20)11-16-17(15)22(13-19-16)9-14-5-6-14/h13-15H,2-12H2,1H3. The average Bonchev–Trinajstić information content (AvgIpc) is 3.09. The van der Waals surface area contributed by atoms with Crippen molar-refractivity contribution in [2.45, 2.75) is 51.6 Å². The Labute approximate surface area is 143 Å². The SMILES string of the molecule is CCOCC1CN(C(=O)N2CCCC2)Cc2ncn(CC3CC3)c21. The predicted molar refractivity (Wildman–Crippen MR) is 90.8 cm³/mol. The largest absolute Gasteiger partial charge is 0.381 e. The molecule has 6 heteroatoms. The van der Waals surface area contributed by atoms with Gasteiger partial charge in [0.05, 0.1) is 25.2 Å². The Hall–Kier alpha value is -1.56. The summed E-state index contributed by atoms with van der Waals surface area (Å²) in [6.45, 7) is 7.67. The molecule has 1 aromatic heterocycles. The van der Waals surface area contributed by atoms with Crippen molar-refractivity contribution in [1.82, 2.24) is 19.4 Å². The van der Waals surface area contributed by atoms with E-state index in [0.717, 1.165) is 50.6 Å². The van der Waals surface area contributed by atoms with Crippen LogP contribution >= 0.6 is 0 Å². The van der Waals surface area contributed by atoms with Crippen LogP contribution in [-0.2, 0) is 17.8 Å². The van der Waals surface area contributed by atoms with Crippen LogP contribution in [0.4, 0.5) is 4.79 Å². The average molecular weight is 332 g/mol. The summed E-state index contributed by atoms with van der Waals surface area (Å²) in [4.78, 5) is 21.4. The van der Waals surface area contributed by atoms with Crippen LogP contribution in [0.15, 0.2) is 6.33 Å². The van der Waals surface area contributed by atoms with Crippen LogP contribution in [0.3, 0.4) is 0 Å². The van der Waals surface area contributed by atoms with Gasteiger partial charge in [0.15, 0.2) is 0 Å². The van der Waals surface area contributed by atoms with Crippen LogP contribution in [-0.4, -0.2) is 58.2 Å². The Kier molecular flexibility index (Phi) is 4.48. The molecular formula is C18H28N4O2. The van der Waals surface area contributed by atoms with Gasteiger partial charge in [0.1, 0.15) is 0 Å². The van der Waals surface area contributed by atoms with E-state index in [1.165, 1.54) is 18.5 Å². The van der Waals surface area contributed by atoms with E-state index in [-0.39, 0.29) is 11.9 Å². The molecule has 4 rings (SSSR count). The van der Waals surface area contributed by atoms with Crippen molar-refractivity contribution in [3.8, 4) is 0 Å². The van der Waals surface area contributed by atoms with E-state index in [4.69, 9.17) is 4.74 Å². The van der Waals surface area contributed by atoms with Crippen molar-refractivity contribution in [3.63, 3.8) is 0 Å². The smallest absolute Gasteiger partial charge is 0.320 e. The molecule has 0 bridgehead atoms. The van der Waals surface area contributed by atoms with Crippen molar-refractivity contribution in [1.29, 1.82) is 0 Å². The number of rotatable bonds is 5. The lowest BCUT2D eigenvalue weighted by molar-refractivity contribution is 0.102. The second-order valence-corrected chi connectivity index (χ2v) is 7.39. The highest BCUT2D eigenvalue weighted by atomic mass is 16.5. The van der Waals surface area contributed by atoms with Crippen LogP contribution in [0.5, 0.6) is 0 Å². The zero-order chi connectivity index (χ0) is 16.5. The first-order valence-electron chi connectivity index (χ1n) is 9.41. The van der Waals surface area contributed by atoms with Crippen molar-refractivity contribution >= 4 is 6.03 Å². The van der Waals surface area contributed by atoms with Gasteiger partial charge in [-0.1, -0.05) is 0 Å². The first-order valence-corrected chi connectivity index (χ1v) is 9.41. The number of amides is 2. The number of carbonyl (C=O) groups is 1. The molecule has 1 atom stereocenters. The number of likely N-dealkylation sites (tertiary alicyclic amines) is 1. The van der Waals surface area contributed by atoms with Crippen LogP contribution in [0, 0.1) is 5.92 Å². The maximum absolute atomic E-state index is 12.8. The van der Waals surface area contributed by atoms with E-state index in [1.807, 2.05) is 23.1 Å². The van der Waals surface area contributed by atoms with E-state index in [1.54, 1.807) is 0 Å². The quantitative estimate of drug-likeness (QED) is 0.832. The molecule has 0 spiro atoms. The number of aromatic nitrogens is 2. The highest BCUT2D eigenvalue weighted by Crippen LogP contribution is 2.34. The molecule has 1 aliphatic carbocycles. The molecule has 1 aromatic rings. The van der Waals surface area contributed by atoms with Crippen LogP contribution in [0.25, 0.3) is 0 Å². The van der Waals surface area contributed by atoms with Gasteiger partial charge in [-0.25, -0.2) is 9.78 Å². The molecule has 1 saturated heterocycles. The summed E-state index contributed by atoms with van der Waals surface area (Å²) in [5.41, 5.74) is 2.37. The molecule has 0 N–H and O–H groups in total. The number of imidazole rings is 1. The molecule has 24 heavy (non-hydrogen) atoms. The lowest BCUT2D eigenvalue weighted by atomic mass is 9.99. The van der Waals surface area contributed by atoms with Gasteiger partial charge < -0.3 is 19.1 Å². The van der Waals surface area contributed by atoms with Gasteiger partial charge in [-0.05, 0) is 38.5 Å². The van der Waals surface area contributed by atoms with Gasteiger partial charge in [0, 0.05) is 44.4 Å². The van der Waals surface area contributed by atoms with Gasteiger partial charge in [-0.2, -0.15) is 0 Å². The number of nitrogens with zero attached hydrogens (tertiary/aromatic N) is 4. The molecule has 1 unspecified atom stereocenters. The third-order valence-electron chi connectivity index (χ3n) is 5.45. The minimum atomic E-state index is 0.177. The fourth-order valence-corrected chi connectivity index (χ4v) is 3.99. The molecule has 2 amide bonds. The maximum atomic E-state index is 12.8. The summed E-state index contributed by atoms with van der Waals surface area (Å²) in [7, 11) is 0. The zero-order valence-corrected chi connectivity index (χ0v) is 14.6. The molecule has 2 fully saturated rings. The van der Waals surface area contributed by atoms with E-state index in [2.05, 4.69) is 9.55 Å². The molecule has 1 saturated carbocycles. The number of hydrogen-bond donors (Lipinski definition) is 0. The molecule has 3 heterocycles. The number of hydrogen-bond acceptors (Lipinski definition) is 3. The summed E-state index contributed by atoms with van der Waals surface area (Å²) in [5, 5.41) is 0. The number of urea groups is 1. The van der Waals surface area contributed by atoms with E-state index in [9.17, 15) is 4.79 Å². The predicted octanol–water partition coefficient (Wildman–Crippen LogP) is 2.44. The molecule has 2 aliphatic heterocycles.